The molecular formula is C14H19N3O3S. The van der Waals surface area contributed by atoms with Crippen LogP contribution in [-0.2, 0) is 16.6 Å². The first kappa shape index (κ1) is 15.4. The normalized spacial score (nSPS) is 11.5. The van der Waals surface area contributed by atoms with E-state index in [0.717, 1.165) is 11.5 Å². The first-order valence-corrected chi connectivity index (χ1v) is 8.09. The Kier molecular flexibility index (Phi) is 4.54. The monoisotopic (exact) mass is 309 g/mol. The van der Waals surface area contributed by atoms with E-state index in [0.29, 0.717) is 24.5 Å². The van der Waals surface area contributed by atoms with Crippen LogP contribution in [0.3, 0.4) is 0 Å². The van der Waals surface area contributed by atoms with Gasteiger partial charge in [0, 0.05) is 6.54 Å². The maximum absolute atomic E-state index is 12.0. The summed E-state index contributed by atoms with van der Waals surface area (Å²) in [7, 11) is -3.50. The third-order valence-electron chi connectivity index (χ3n) is 2.92. The average molecular weight is 309 g/mol. The van der Waals surface area contributed by atoms with Crippen molar-refractivity contribution in [1.82, 2.24) is 4.72 Å². The Morgan fingerprint density at radius 3 is 2.62 bits per heavy atom. The molecule has 0 aliphatic rings. The molecule has 114 valence electrons. The van der Waals surface area contributed by atoms with Crippen LogP contribution in [0.25, 0.3) is 0 Å². The average Bonchev–Trinajstić information content (AvgIpc) is 2.83. The van der Waals surface area contributed by atoms with Crippen molar-refractivity contribution < 1.29 is 12.8 Å². The van der Waals surface area contributed by atoms with Crippen LogP contribution in [0.1, 0.15) is 18.4 Å². The number of benzene rings is 1. The fourth-order valence-corrected chi connectivity index (χ4v) is 2.96. The lowest BCUT2D eigenvalue weighted by molar-refractivity contribution is 0.490. The fourth-order valence-electron chi connectivity index (χ4n) is 1.89. The van der Waals surface area contributed by atoms with Crippen molar-refractivity contribution in [2.24, 2.45) is 0 Å². The Balaban J connectivity index is 2.19. The Morgan fingerprint density at radius 1 is 1.24 bits per heavy atom. The van der Waals surface area contributed by atoms with Crippen molar-refractivity contribution >= 4 is 21.4 Å². The summed E-state index contributed by atoms with van der Waals surface area (Å²) >= 11 is 0. The molecule has 0 aliphatic heterocycles. The molecule has 21 heavy (non-hydrogen) atoms. The second-order valence-corrected chi connectivity index (χ2v) is 6.38. The van der Waals surface area contributed by atoms with Crippen molar-refractivity contribution in [3.05, 3.63) is 41.9 Å². The van der Waals surface area contributed by atoms with Gasteiger partial charge in [0.25, 0.3) is 0 Å². The molecule has 6 nitrogen and oxygen atoms in total. The van der Waals surface area contributed by atoms with Gasteiger partial charge in [-0.1, -0.05) is 6.92 Å². The van der Waals surface area contributed by atoms with Crippen molar-refractivity contribution in [1.29, 1.82) is 0 Å². The van der Waals surface area contributed by atoms with Gasteiger partial charge in [-0.05, 0) is 37.3 Å². The number of furan rings is 1. The first-order valence-electron chi connectivity index (χ1n) is 6.60. The fraction of sp³-hybridized carbons (Fsp3) is 0.286. The molecule has 2 aromatic rings. The van der Waals surface area contributed by atoms with Crippen LogP contribution in [-0.4, -0.2) is 15.0 Å². The minimum atomic E-state index is -3.50. The van der Waals surface area contributed by atoms with Gasteiger partial charge in [-0.3, -0.25) is 0 Å². The van der Waals surface area contributed by atoms with Crippen LogP contribution in [0.5, 0.6) is 0 Å². The highest BCUT2D eigenvalue weighted by Gasteiger charge is 2.14. The van der Waals surface area contributed by atoms with Gasteiger partial charge < -0.3 is 15.5 Å². The van der Waals surface area contributed by atoms with Gasteiger partial charge in [0.1, 0.15) is 11.5 Å². The highest BCUT2D eigenvalue weighted by molar-refractivity contribution is 7.89. The SMILES string of the molecule is CCNS(=O)(=O)c1ccc(N)c(NCc2ccc(C)o2)c1. The number of aryl methyl sites for hydroxylation is 1. The lowest BCUT2D eigenvalue weighted by Crippen LogP contribution is -2.23. The largest absolute Gasteiger partial charge is 0.465 e. The molecule has 1 aromatic carbocycles. The molecule has 0 radical (unpaired) electrons. The zero-order chi connectivity index (χ0) is 15.5. The lowest BCUT2D eigenvalue weighted by atomic mass is 10.2. The van der Waals surface area contributed by atoms with Crippen LogP contribution in [0.2, 0.25) is 0 Å². The van der Waals surface area contributed by atoms with E-state index in [2.05, 4.69) is 10.0 Å². The second-order valence-electron chi connectivity index (χ2n) is 4.62. The predicted molar refractivity (Wildman–Crippen MR) is 82.5 cm³/mol. The van der Waals surface area contributed by atoms with Crippen molar-refractivity contribution in [2.45, 2.75) is 25.3 Å². The maximum atomic E-state index is 12.0. The number of hydrogen-bond donors (Lipinski definition) is 3. The molecule has 0 fully saturated rings. The number of sulfonamides is 1. The summed E-state index contributed by atoms with van der Waals surface area (Å²) in [5, 5.41) is 3.09. The number of nitrogens with two attached hydrogens (primary N) is 1. The van der Waals surface area contributed by atoms with E-state index in [1.165, 1.54) is 12.1 Å². The summed E-state index contributed by atoms with van der Waals surface area (Å²) < 4.78 is 31.8. The maximum Gasteiger partial charge on any atom is 0.240 e. The van der Waals surface area contributed by atoms with Gasteiger partial charge in [-0.25, -0.2) is 13.1 Å². The molecule has 0 spiro atoms. The molecule has 0 saturated carbocycles. The van der Waals surface area contributed by atoms with E-state index in [1.54, 1.807) is 13.0 Å². The molecule has 0 atom stereocenters. The summed E-state index contributed by atoms with van der Waals surface area (Å²) in [5.74, 6) is 1.58. The third-order valence-corrected chi connectivity index (χ3v) is 4.46. The molecule has 0 aliphatic carbocycles. The van der Waals surface area contributed by atoms with E-state index in [-0.39, 0.29) is 4.90 Å². The van der Waals surface area contributed by atoms with Gasteiger partial charge in [0.05, 0.1) is 22.8 Å². The van der Waals surface area contributed by atoms with Gasteiger partial charge in [0.15, 0.2) is 0 Å². The number of anilines is 2. The number of nitrogens with one attached hydrogen (secondary N) is 2. The zero-order valence-electron chi connectivity index (χ0n) is 12.0. The van der Waals surface area contributed by atoms with Crippen molar-refractivity contribution in [3.63, 3.8) is 0 Å². The Bertz CT molecular complexity index is 723. The van der Waals surface area contributed by atoms with Crippen LogP contribution in [0.4, 0.5) is 11.4 Å². The van der Waals surface area contributed by atoms with Gasteiger partial charge in [-0.2, -0.15) is 0 Å². The number of rotatable bonds is 6. The minimum absolute atomic E-state index is 0.177. The van der Waals surface area contributed by atoms with Crippen LogP contribution < -0.4 is 15.8 Å². The standard InChI is InChI=1S/C14H19N3O3S/c1-3-17-21(18,19)12-6-7-13(15)14(8-12)16-9-11-5-4-10(2)20-11/h4-8,16-17H,3,9,15H2,1-2H3. The lowest BCUT2D eigenvalue weighted by Gasteiger charge is -2.11. The van der Waals surface area contributed by atoms with Crippen LogP contribution in [0.15, 0.2) is 39.6 Å². The van der Waals surface area contributed by atoms with E-state index in [9.17, 15) is 8.42 Å². The topological polar surface area (TPSA) is 97.4 Å². The molecule has 0 saturated heterocycles. The van der Waals surface area contributed by atoms with Gasteiger partial charge >= 0.3 is 0 Å². The van der Waals surface area contributed by atoms with E-state index < -0.39 is 10.0 Å². The molecule has 0 bridgehead atoms. The minimum Gasteiger partial charge on any atom is -0.465 e. The molecule has 0 unspecified atom stereocenters. The van der Waals surface area contributed by atoms with Gasteiger partial charge in [-0.15, -0.1) is 0 Å². The molecular weight excluding hydrogens is 290 g/mol. The molecule has 1 heterocycles. The van der Waals surface area contributed by atoms with Crippen LogP contribution in [0, 0.1) is 6.92 Å². The zero-order valence-corrected chi connectivity index (χ0v) is 12.8. The predicted octanol–water partition coefficient (Wildman–Crippen LogP) is 2.08. The summed E-state index contributed by atoms with van der Waals surface area (Å²) in [4.78, 5) is 0.177. The highest BCUT2D eigenvalue weighted by Crippen LogP contribution is 2.23. The summed E-state index contributed by atoms with van der Waals surface area (Å²) in [6.07, 6.45) is 0. The Labute approximate surface area is 124 Å². The molecule has 4 N–H and O–H groups in total. The highest BCUT2D eigenvalue weighted by atomic mass is 32.2. The van der Waals surface area contributed by atoms with Crippen LogP contribution >= 0.6 is 0 Å². The summed E-state index contributed by atoms with van der Waals surface area (Å²) in [6, 6.07) is 8.29. The van der Waals surface area contributed by atoms with E-state index in [1.807, 2.05) is 19.1 Å². The summed E-state index contributed by atoms with van der Waals surface area (Å²) in [6.45, 7) is 4.36. The van der Waals surface area contributed by atoms with Crippen molar-refractivity contribution in [2.75, 3.05) is 17.6 Å². The summed E-state index contributed by atoms with van der Waals surface area (Å²) in [5.41, 5.74) is 6.91. The third kappa shape index (κ3) is 3.77. The van der Waals surface area contributed by atoms with E-state index in [4.69, 9.17) is 10.2 Å². The smallest absolute Gasteiger partial charge is 0.240 e. The molecule has 0 amide bonds. The van der Waals surface area contributed by atoms with E-state index >= 15 is 0 Å². The number of hydrogen-bond acceptors (Lipinski definition) is 5. The first-order chi connectivity index (χ1) is 9.92. The Hall–Kier alpha value is -1.99. The molecule has 2 rings (SSSR count). The molecule has 7 heteroatoms. The number of nitrogen functional groups attached to an aromatic ring is 1. The quantitative estimate of drug-likeness (QED) is 0.710. The van der Waals surface area contributed by atoms with Crippen molar-refractivity contribution in [3.8, 4) is 0 Å². The molecule has 1 aromatic heterocycles. The second kappa shape index (κ2) is 6.19. The van der Waals surface area contributed by atoms with Gasteiger partial charge in [0.2, 0.25) is 10.0 Å². The Morgan fingerprint density at radius 2 is 2.00 bits per heavy atom.